The fourth-order valence-corrected chi connectivity index (χ4v) is 3.01. The number of nitrogens with one attached hydrogen (secondary N) is 1. The molecule has 1 atom stereocenters. The molecular formula is C14H20N2. The summed E-state index contributed by atoms with van der Waals surface area (Å²) in [5, 5.41) is 3.76. The van der Waals surface area contributed by atoms with Crippen LogP contribution in [0.1, 0.15) is 42.9 Å². The van der Waals surface area contributed by atoms with Gasteiger partial charge in [0.15, 0.2) is 0 Å². The highest BCUT2D eigenvalue weighted by Crippen LogP contribution is 2.31. The summed E-state index contributed by atoms with van der Waals surface area (Å²) in [4.78, 5) is 0. The van der Waals surface area contributed by atoms with Gasteiger partial charge in [0.1, 0.15) is 0 Å². The van der Waals surface area contributed by atoms with Crippen LogP contribution in [0.3, 0.4) is 0 Å². The van der Waals surface area contributed by atoms with Gasteiger partial charge in [0.05, 0.1) is 0 Å². The van der Waals surface area contributed by atoms with Crippen LogP contribution in [0, 0.1) is 0 Å². The van der Waals surface area contributed by atoms with Gasteiger partial charge in [-0.3, -0.25) is 0 Å². The largest absolute Gasteiger partial charge is 0.328 e. The molecule has 0 bridgehead atoms. The van der Waals surface area contributed by atoms with Crippen molar-refractivity contribution in [2.24, 2.45) is 5.73 Å². The minimum Gasteiger partial charge on any atom is -0.328 e. The van der Waals surface area contributed by atoms with Crippen molar-refractivity contribution in [1.82, 2.24) is 5.32 Å². The minimum absolute atomic E-state index is 0.441. The standard InChI is InChI=1S/C14H20N2/c15-11-8-12(9-11)16-14-7-3-5-10-4-1-2-6-13(10)14/h1-2,4,6,11-12,14,16H,3,5,7-9,15H2. The third-order valence-corrected chi connectivity index (χ3v) is 3.98. The van der Waals surface area contributed by atoms with Gasteiger partial charge < -0.3 is 11.1 Å². The maximum atomic E-state index is 5.83. The van der Waals surface area contributed by atoms with E-state index in [4.69, 9.17) is 5.73 Å². The fraction of sp³-hybridized carbons (Fsp3) is 0.571. The zero-order valence-corrected chi connectivity index (χ0v) is 9.65. The van der Waals surface area contributed by atoms with Gasteiger partial charge in [0.2, 0.25) is 0 Å². The molecule has 0 amide bonds. The van der Waals surface area contributed by atoms with Crippen molar-refractivity contribution in [2.45, 2.75) is 50.2 Å². The van der Waals surface area contributed by atoms with E-state index in [-0.39, 0.29) is 0 Å². The number of hydrogen-bond acceptors (Lipinski definition) is 2. The molecule has 0 spiro atoms. The number of fused-ring (bicyclic) bond motifs is 1. The average molecular weight is 216 g/mol. The highest BCUT2D eigenvalue weighted by Gasteiger charge is 2.29. The van der Waals surface area contributed by atoms with Gasteiger partial charge in [-0.1, -0.05) is 24.3 Å². The monoisotopic (exact) mass is 216 g/mol. The van der Waals surface area contributed by atoms with E-state index in [1.54, 1.807) is 0 Å². The molecule has 1 unspecified atom stereocenters. The number of rotatable bonds is 2. The van der Waals surface area contributed by atoms with Crippen molar-refractivity contribution in [3.05, 3.63) is 35.4 Å². The molecule has 1 fully saturated rings. The molecule has 1 aromatic rings. The zero-order valence-electron chi connectivity index (χ0n) is 9.65. The SMILES string of the molecule is NC1CC(NC2CCCc3ccccc32)C1. The number of nitrogens with two attached hydrogens (primary N) is 1. The first-order chi connectivity index (χ1) is 7.83. The molecule has 0 heterocycles. The van der Waals surface area contributed by atoms with Crippen LogP contribution in [0.4, 0.5) is 0 Å². The summed E-state index contributed by atoms with van der Waals surface area (Å²) in [6.45, 7) is 0. The summed E-state index contributed by atoms with van der Waals surface area (Å²) in [5.41, 5.74) is 8.89. The van der Waals surface area contributed by atoms with Crippen LogP contribution in [0.2, 0.25) is 0 Å². The molecule has 2 aliphatic rings. The Morgan fingerprint density at radius 1 is 1.19 bits per heavy atom. The van der Waals surface area contributed by atoms with Crippen LogP contribution < -0.4 is 11.1 Å². The Morgan fingerprint density at radius 3 is 2.81 bits per heavy atom. The molecule has 2 heteroatoms. The van der Waals surface area contributed by atoms with E-state index in [0.717, 1.165) is 12.8 Å². The topological polar surface area (TPSA) is 38.0 Å². The molecule has 0 aromatic heterocycles. The molecule has 3 N–H and O–H groups in total. The van der Waals surface area contributed by atoms with E-state index in [1.165, 1.54) is 30.4 Å². The molecular weight excluding hydrogens is 196 g/mol. The lowest BCUT2D eigenvalue weighted by Gasteiger charge is -2.38. The molecule has 2 aliphatic carbocycles. The summed E-state index contributed by atoms with van der Waals surface area (Å²) in [6.07, 6.45) is 6.14. The quantitative estimate of drug-likeness (QED) is 0.795. The van der Waals surface area contributed by atoms with Gasteiger partial charge in [-0.25, -0.2) is 0 Å². The number of benzene rings is 1. The van der Waals surface area contributed by atoms with Crippen molar-refractivity contribution < 1.29 is 0 Å². The fourth-order valence-electron chi connectivity index (χ4n) is 3.01. The summed E-state index contributed by atoms with van der Waals surface area (Å²) >= 11 is 0. The van der Waals surface area contributed by atoms with Crippen molar-refractivity contribution in [3.8, 4) is 0 Å². The summed E-state index contributed by atoms with van der Waals surface area (Å²) in [5.74, 6) is 0. The molecule has 86 valence electrons. The zero-order chi connectivity index (χ0) is 11.0. The van der Waals surface area contributed by atoms with Crippen molar-refractivity contribution in [1.29, 1.82) is 0 Å². The van der Waals surface area contributed by atoms with E-state index in [0.29, 0.717) is 18.1 Å². The molecule has 0 radical (unpaired) electrons. The Balaban J connectivity index is 1.72. The van der Waals surface area contributed by atoms with Crippen LogP contribution in [0.25, 0.3) is 0 Å². The van der Waals surface area contributed by atoms with Crippen molar-refractivity contribution in [2.75, 3.05) is 0 Å². The van der Waals surface area contributed by atoms with E-state index in [1.807, 2.05) is 0 Å². The van der Waals surface area contributed by atoms with Crippen molar-refractivity contribution >= 4 is 0 Å². The van der Waals surface area contributed by atoms with Crippen LogP contribution in [0.15, 0.2) is 24.3 Å². The third-order valence-electron chi connectivity index (χ3n) is 3.98. The van der Waals surface area contributed by atoms with E-state index < -0.39 is 0 Å². The smallest absolute Gasteiger partial charge is 0.0325 e. The molecule has 0 saturated heterocycles. The highest BCUT2D eigenvalue weighted by atomic mass is 15.0. The van der Waals surface area contributed by atoms with E-state index in [9.17, 15) is 0 Å². The first kappa shape index (κ1) is 10.3. The van der Waals surface area contributed by atoms with Gasteiger partial charge in [-0.05, 0) is 43.2 Å². The maximum absolute atomic E-state index is 5.83. The Bertz CT molecular complexity index is 369. The second-order valence-corrected chi connectivity index (χ2v) is 5.24. The minimum atomic E-state index is 0.441. The second kappa shape index (κ2) is 4.19. The third kappa shape index (κ3) is 1.87. The predicted octanol–water partition coefficient (Wildman–Crippen LogP) is 2.14. The van der Waals surface area contributed by atoms with Gasteiger partial charge in [0, 0.05) is 18.1 Å². The Morgan fingerprint density at radius 2 is 2.00 bits per heavy atom. The Hall–Kier alpha value is -0.860. The average Bonchev–Trinajstić information content (AvgIpc) is 2.27. The lowest BCUT2D eigenvalue weighted by molar-refractivity contribution is 0.256. The Labute approximate surface area is 97.2 Å². The summed E-state index contributed by atoms with van der Waals surface area (Å²) in [6, 6.07) is 10.5. The molecule has 3 rings (SSSR count). The first-order valence-electron chi connectivity index (χ1n) is 6.42. The van der Waals surface area contributed by atoms with Crippen LogP contribution in [-0.4, -0.2) is 12.1 Å². The number of aryl methyl sites for hydroxylation is 1. The summed E-state index contributed by atoms with van der Waals surface area (Å²) in [7, 11) is 0. The van der Waals surface area contributed by atoms with Crippen LogP contribution in [-0.2, 0) is 6.42 Å². The molecule has 2 nitrogen and oxygen atoms in total. The van der Waals surface area contributed by atoms with E-state index in [2.05, 4.69) is 29.6 Å². The van der Waals surface area contributed by atoms with Gasteiger partial charge in [0.25, 0.3) is 0 Å². The molecule has 16 heavy (non-hydrogen) atoms. The highest BCUT2D eigenvalue weighted by molar-refractivity contribution is 5.32. The van der Waals surface area contributed by atoms with Crippen LogP contribution >= 0.6 is 0 Å². The molecule has 0 aliphatic heterocycles. The van der Waals surface area contributed by atoms with Gasteiger partial charge >= 0.3 is 0 Å². The van der Waals surface area contributed by atoms with Crippen LogP contribution in [0.5, 0.6) is 0 Å². The molecule has 1 aromatic carbocycles. The lowest BCUT2D eigenvalue weighted by atomic mass is 9.83. The second-order valence-electron chi connectivity index (χ2n) is 5.24. The normalized spacial score (nSPS) is 32.9. The van der Waals surface area contributed by atoms with E-state index >= 15 is 0 Å². The first-order valence-corrected chi connectivity index (χ1v) is 6.42. The van der Waals surface area contributed by atoms with Gasteiger partial charge in [-0.2, -0.15) is 0 Å². The maximum Gasteiger partial charge on any atom is 0.0325 e. The van der Waals surface area contributed by atoms with Crippen molar-refractivity contribution in [3.63, 3.8) is 0 Å². The Kier molecular flexibility index (Phi) is 2.70. The summed E-state index contributed by atoms with van der Waals surface area (Å²) < 4.78 is 0. The predicted molar refractivity (Wildman–Crippen MR) is 66.3 cm³/mol. The van der Waals surface area contributed by atoms with Gasteiger partial charge in [-0.15, -0.1) is 0 Å². The number of hydrogen-bond donors (Lipinski definition) is 2. The molecule has 1 saturated carbocycles. The lowest BCUT2D eigenvalue weighted by Crippen LogP contribution is -2.49.